The summed E-state index contributed by atoms with van der Waals surface area (Å²) in [5.41, 5.74) is 2.00. The molecule has 33 heavy (non-hydrogen) atoms. The number of thiazole rings is 1. The van der Waals surface area contributed by atoms with Crippen LogP contribution in [0, 0.1) is 5.41 Å². The third kappa shape index (κ3) is 4.71. The maximum Gasteiger partial charge on any atom is 0.326 e. The molecule has 4 N–H and O–H groups in total. The van der Waals surface area contributed by atoms with Crippen LogP contribution in [0.5, 0.6) is 0 Å². The number of nitrogens with zero attached hydrogens (tertiary/aromatic N) is 2. The number of nitrogens with one attached hydrogen (secondary N) is 2. The van der Waals surface area contributed by atoms with Gasteiger partial charge in [0.05, 0.1) is 22.3 Å². The lowest BCUT2D eigenvalue weighted by molar-refractivity contribution is -0.139. The summed E-state index contributed by atoms with van der Waals surface area (Å²) < 4.78 is 0.965. The van der Waals surface area contributed by atoms with Gasteiger partial charge in [-0.2, -0.15) is 11.8 Å². The Kier molecular flexibility index (Phi) is 6.66. The van der Waals surface area contributed by atoms with E-state index in [1.165, 1.54) is 23.1 Å². The monoisotopic (exact) mass is 482 g/mol. The van der Waals surface area contributed by atoms with Crippen LogP contribution in [-0.4, -0.2) is 57.5 Å². The van der Waals surface area contributed by atoms with Crippen molar-refractivity contribution in [3.63, 3.8) is 0 Å². The Bertz CT molecular complexity index is 1240. The summed E-state index contributed by atoms with van der Waals surface area (Å²) in [6.45, 7) is 0.0840. The third-order valence-electron chi connectivity index (χ3n) is 5.25. The number of carboxylic acid groups (broad SMARTS) is 1. The zero-order valence-electron chi connectivity index (χ0n) is 17.7. The number of carboxylic acids is 1. The molecule has 1 atom stereocenters. The number of aliphatic carboxylic acids is 1. The number of fused-ring (bicyclic) bond motifs is 1. The second-order valence-electron chi connectivity index (χ2n) is 7.44. The molecule has 1 amide bonds. The van der Waals surface area contributed by atoms with Crippen molar-refractivity contribution in [2.24, 2.45) is 0 Å². The van der Waals surface area contributed by atoms with Gasteiger partial charge in [0, 0.05) is 11.3 Å². The fraction of sp³-hybridized carbons (Fsp3) is 0.217. The predicted molar refractivity (Wildman–Crippen MR) is 133 cm³/mol. The van der Waals surface area contributed by atoms with Crippen molar-refractivity contribution < 1.29 is 19.8 Å². The number of anilines is 1. The molecule has 170 valence electrons. The van der Waals surface area contributed by atoms with Gasteiger partial charge in [-0.25, -0.2) is 9.78 Å². The number of hydrogen-bond donors (Lipinski definition) is 4. The number of aliphatic hydroxyl groups excluding tert-OH is 1. The number of carbonyl (C=O) groups excluding carboxylic acids is 1. The van der Waals surface area contributed by atoms with Gasteiger partial charge in [0.2, 0.25) is 0 Å². The summed E-state index contributed by atoms with van der Waals surface area (Å²) in [6.07, 6.45) is 2.20. The third-order valence-corrected chi connectivity index (χ3v) is 6.94. The normalized spacial score (nSPS) is 14.7. The Labute approximate surface area is 198 Å². The van der Waals surface area contributed by atoms with Gasteiger partial charge in [0.1, 0.15) is 22.6 Å². The molecule has 3 aromatic rings. The number of aromatic nitrogens is 1. The van der Waals surface area contributed by atoms with Crippen LogP contribution < -0.4 is 10.2 Å². The van der Waals surface area contributed by atoms with Gasteiger partial charge in [-0.05, 0) is 48.8 Å². The Hall–Kier alpha value is -3.37. The molecule has 4 rings (SSSR count). The number of carbonyl (C=O) groups is 2. The van der Waals surface area contributed by atoms with Crippen molar-refractivity contribution in [1.29, 1.82) is 5.41 Å². The highest BCUT2D eigenvalue weighted by atomic mass is 32.2. The number of amides is 1. The van der Waals surface area contributed by atoms with E-state index in [4.69, 9.17) is 5.41 Å². The fourth-order valence-corrected chi connectivity index (χ4v) is 5.06. The fourth-order valence-electron chi connectivity index (χ4n) is 3.55. The van der Waals surface area contributed by atoms with E-state index in [1.54, 1.807) is 29.2 Å². The molecule has 10 heteroatoms. The summed E-state index contributed by atoms with van der Waals surface area (Å²) >= 11 is 2.92. The molecule has 1 aliphatic heterocycles. The van der Waals surface area contributed by atoms with Gasteiger partial charge in [-0.3, -0.25) is 10.2 Å². The highest BCUT2D eigenvalue weighted by Gasteiger charge is 2.32. The molecule has 0 saturated heterocycles. The number of rotatable bonds is 8. The Morgan fingerprint density at radius 2 is 2.06 bits per heavy atom. The summed E-state index contributed by atoms with van der Waals surface area (Å²) in [5.74, 6) is -0.838. The number of amidine groups is 1. The van der Waals surface area contributed by atoms with Crippen LogP contribution in [0.1, 0.15) is 21.8 Å². The van der Waals surface area contributed by atoms with Crippen LogP contribution in [0.3, 0.4) is 0 Å². The number of thioether (sulfide) groups is 1. The first kappa shape index (κ1) is 22.8. The standard InChI is InChI=1S/C23H22N4O4S2/c1-32-10-9-16(23(30)31)25-21(29)13-5-4-6-14(11-13)27-12-17(28)19(20(27)24)22-26-15-7-2-3-8-18(15)33-22/h2-8,11,16,24,28H,9-10,12H2,1H3,(H,25,29)(H,30,31)/t16-/m0/s1. The number of benzene rings is 2. The van der Waals surface area contributed by atoms with Gasteiger partial charge in [-0.15, -0.1) is 11.3 Å². The first-order valence-electron chi connectivity index (χ1n) is 10.2. The lowest BCUT2D eigenvalue weighted by Crippen LogP contribution is -2.41. The molecule has 0 radical (unpaired) electrons. The minimum absolute atomic E-state index is 0.0388. The summed E-state index contributed by atoms with van der Waals surface area (Å²) in [6, 6.07) is 13.2. The molecule has 0 saturated carbocycles. The van der Waals surface area contributed by atoms with Crippen molar-refractivity contribution in [2.75, 3.05) is 23.5 Å². The van der Waals surface area contributed by atoms with Gasteiger partial charge >= 0.3 is 5.97 Å². The molecular weight excluding hydrogens is 460 g/mol. The highest BCUT2D eigenvalue weighted by Crippen LogP contribution is 2.35. The Morgan fingerprint density at radius 3 is 2.79 bits per heavy atom. The van der Waals surface area contributed by atoms with Gasteiger partial charge in [-0.1, -0.05) is 18.2 Å². The van der Waals surface area contributed by atoms with Crippen LogP contribution in [0.15, 0.2) is 54.3 Å². The molecule has 1 aromatic heterocycles. The topological polar surface area (TPSA) is 127 Å². The van der Waals surface area contributed by atoms with Crippen molar-refractivity contribution >= 4 is 62.3 Å². The maximum absolute atomic E-state index is 12.7. The van der Waals surface area contributed by atoms with Crippen LogP contribution in [-0.2, 0) is 4.79 Å². The number of para-hydroxylation sites is 1. The van der Waals surface area contributed by atoms with Gasteiger partial charge in [0.25, 0.3) is 5.91 Å². The maximum atomic E-state index is 12.7. The SMILES string of the molecule is CSCC[C@H](NC(=O)c1cccc(N2CC(O)=C(c3nc4ccccc4s3)C2=N)c1)C(=O)O. The van der Waals surface area contributed by atoms with E-state index < -0.39 is 17.9 Å². The molecule has 0 spiro atoms. The smallest absolute Gasteiger partial charge is 0.326 e. The summed E-state index contributed by atoms with van der Waals surface area (Å²) in [7, 11) is 0. The van der Waals surface area contributed by atoms with Gasteiger partial charge < -0.3 is 20.4 Å². The van der Waals surface area contributed by atoms with E-state index in [0.717, 1.165) is 10.2 Å². The van der Waals surface area contributed by atoms with E-state index in [2.05, 4.69) is 10.3 Å². The van der Waals surface area contributed by atoms with Crippen LogP contribution >= 0.6 is 23.1 Å². The largest absolute Gasteiger partial charge is 0.510 e. The molecule has 0 bridgehead atoms. The molecule has 0 aliphatic carbocycles. The Morgan fingerprint density at radius 1 is 1.27 bits per heavy atom. The van der Waals surface area contributed by atoms with E-state index in [1.807, 2.05) is 30.5 Å². The molecule has 8 nitrogen and oxygen atoms in total. The molecule has 2 heterocycles. The predicted octanol–water partition coefficient (Wildman–Crippen LogP) is 4.00. The van der Waals surface area contributed by atoms with E-state index in [9.17, 15) is 19.8 Å². The van der Waals surface area contributed by atoms with E-state index >= 15 is 0 Å². The van der Waals surface area contributed by atoms with E-state index in [-0.39, 0.29) is 23.7 Å². The lowest BCUT2D eigenvalue weighted by atomic mass is 10.1. The van der Waals surface area contributed by atoms with Crippen LogP contribution in [0.2, 0.25) is 0 Å². The first-order valence-corrected chi connectivity index (χ1v) is 12.4. The lowest BCUT2D eigenvalue weighted by Gasteiger charge is -2.20. The van der Waals surface area contributed by atoms with Crippen LogP contribution in [0.4, 0.5) is 5.69 Å². The number of aliphatic hydroxyl groups is 1. The zero-order chi connectivity index (χ0) is 23.5. The average molecular weight is 483 g/mol. The first-order chi connectivity index (χ1) is 15.9. The van der Waals surface area contributed by atoms with Crippen LogP contribution in [0.25, 0.3) is 15.8 Å². The second kappa shape index (κ2) is 9.63. The quantitative estimate of drug-likeness (QED) is 0.382. The zero-order valence-corrected chi connectivity index (χ0v) is 19.4. The minimum Gasteiger partial charge on any atom is -0.510 e. The molecular formula is C23H22N4O4S2. The van der Waals surface area contributed by atoms with Crippen molar-refractivity contribution in [3.05, 3.63) is 64.9 Å². The van der Waals surface area contributed by atoms with E-state index in [0.29, 0.717) is 28.4 Å². The van der Waals surface area contributed by atoms with Gasteiger partial charge in [0.15, 0.2) is 0 Å². The van der Waals surface area contributed by atoms with Crippen molar-refractivity contribution in [2.45, 2.75) is 12.5 Å². The van der Waals surface area contributed by atoms with Crippen molar-refractivity contribution in [3.8, 4) is 0 Å². The average Bonchev–Trinajstić information content (AvgIpc) is 3.36. The Balaban J connectivity index is 1.54. The number of hydrogen-bond acceptors (Lipinski definition) is 7. The molecule has 2 aromatic carbocycles. The minimum atomic E-state index is -1.08. The van der Waals surface area contributed by atoms with Crippen molar-refractivity contribution in [1.82, 2.24) is 10.3 Å². The molecule has 0 fully saturated rings. The second-order valence-corrected chi connectivity index (χ2v) is 9.46. The highest BCUT2D eigenvalue weighted by molar-refractivity contribution is 7.98. The summed E-state index contributed by atoms with van der Waals surface area (Å²) in [5, 5.41) is 31.8. The summed E-state index contributed by atoms with van der Waals surface area (Å²) in [4.78, 5) is 30.3. The molecule has 0 unspecified atom stereocenters. The molecule has 1 aliphatic rings.